The molecule has 0 fully saturated rings. The van der Waals surface area contributed by atoms with Crippen LogP contribution in [0.4, 0.5) is 5.82 Å². The van der Waals surface area contributed by atoms with Gasteiger partial charge >= 0.3 is 5.69 Å². The van der Waals surface area contributed by atoms with Crippen molar-refractivity contribution in [2.24, 2.45) is 5.10 Å². The lowest BCUT2D eigenvalue weighted by Crippen LogP contribution is -2.15. The topological polar surface area (TPSA) is 83.0 Å². The Labute approximate surface area is 111 Å². The van der Waals surface area contributed by atoms with Crippen LogP contribution in [0.25, 0.3) is 0 Å². The summed E-state index contributed by atoms with van der Waals surface area (Å²) in [6.45, 7) is 1.72. The van der Waals surface area contributed by atoms with E-state index in [0.29, 0.717) is 11.5 Å². The van der Waals surface area contributed by atoms with Gasteiger partial charge in [-0.25, -0.2) is 9.89 Å². The van der Waals surface area contributed by atoms with Crippen LogP contribution in [-0.2, 0) is 0 Å². The van der Waals surface area contributed by atoms with E-state index in [-0.39, 0.29) is 0 Å². The second-order valence-electron chi connectivity index (χ2n) is 3.50. The van der Waals surface area contributed by atoms with Gasteiger partial charge in [0.2, 0.25) is 0 Å². The van der Waals surface area contributed by atoms with Crippen LogP contribution in [0.5, 0.6) is 0 Å². The first kappa shape index (κ1) is 12.4. The van der Waals surface area contributed by atoms with E-state index in [1.54, 1.807) is 13.1 Å². The molecule has 0 amide bonds. The zero-order chi connectivity index (χ0) is 13.0. The summed E-state index contributed by atoms with van der Waals surface area (Å²) < 4.78 is 1.00. The minimum absolute atomic E-state index is 0.340. The molecular weight excluding hydrogens is 298 g/mol. The fourth-order valence-corrected chi connectivity index (χ4v) is 1.48. The molecule has 92 valence electrons. The molecule has 0 atom stereocenters. The van der Waals surface area contributed by atoms with Crippen LogP contribution in [0.2, 0.25) is 0 Å². The average molecular weight is 308 g/mol. The van der Waals surface area contributed by atoms with Gasteiger partial charge in [0.15, 0.2) is 5.82 Å². The number of nitrogens with zero attached hydrogens (tertiary/aromatic N) is 3. The maximum Gasteiger partial charge on any atom is 0.363 e. The molecule has 0 aliphatic heterocycles. The maximum atomic E-state index is 11.0. The van der Waals surface area contributed by atoms with Crippen molar-refractivity contribution in [3.05, 3.63) is 50.5 Å². The monoisotopic (exact) mass is 307 g/mol. The third-order valence-electron chi connectivity index (χ3n) is 2.13. The van der Waals surface area contributed by atoms with Gasteiger partial charge in [-0.2, -0.15) is 15.2 Å². The first-order valence-electron chi connectivity index (χ1n) is 5.13. The Morgan fingerprint density at radius 1 is 1.39 bits per heavy atom. The molecule has 0 saturated heterocycles. The molecule has 7 heteroatoms. The number of anilines is 1. The Kier molecular flexibility index (Phi) is 3.83. The summed E-state index contributed by atoms with van der Waals surface area (Å²) in [4.78, 5) is 14.7. The van der Waals surface area contributed by atoms with Crippen LogP contribution in [0.3, 0.4) is 0 Å². The maximum absolute atomic E-state index is 11.0. The lowest BCUT2D eigenvalue weighted by molar-refractivity contribution is 0.879. The molecule has 1 heterocycles. The normalized spacial score (nSPS) is 10.8. The fraction of sp³-hybridized carbons (Fsp3) is 0.0909. The number of aromatic nitrogens is 3. The van der Waals surface area contributed by atoms with Gasteiger partial charge in [0.25, 0.3) is 0 Å². The van der Waals surface area contributed by atoms with Gasteiger partial charge in [-0.15, -0.1) is 0 Å². The standard InChI is InChI=1S/C11H10BrN5O/c1-7-10(14-11(18)17-15-7)16-13-6-8-2-4-9(12)5-3-8/h2-6H,1H3,(H2,14,16,17,18)/b13-6+. The zero-order valence-electron chi connectivity index (χ0n) is 9.51. The number of benzene rings is 1. The Bertz CT molecular complexity index is 620. The highest BCUT2D eigenvalue weighted by atomic mass is 79.9. The molecule has 0 aliphatic rings. The van der Waals surface area contributed by atoms with Crippen LogP contribution in [0, 0.1) is 6.92 Å². The van der Waals surface area contributed by atoms with E-state index in [1.165, 1.54) is 0 Å². The molecule has 0 radical (unpaired) electrons. The van der Waals surface area contributed by atoms with E-state index in [2.05, 4.69) is 41.6 Å². The molecule has 0 saturated carbocycles. The van der Waals surface area contributed by atoms with E-state index in [1.807, 2.05) is 24.3 Å². The SMILES string of the molecule is Cc1n[nH]c(=O)nc1N/N=C/c1ccc(Br)cc1. The van der Waals surface area contributed by atoms with Crippen LogP contribution in [-0.4, -0.2) is 21.4 Å². The highest BCUT2D eigenvalue weighted by Crippen LogP contribution is 2.09. The molecule has 1 aromatic heterocycles. The number of aromatic amines is 1. The van der Waals surface area contributed by atoms with Crippen LogP contribution >= 0.6 is 15.9 Å². The molecular formula is C11H10BrN5O. The molecule has 0 unspecified atom stereocenters. The van der Waals surface area contributed by atoms with Gasteiger partial charge in [0.05, 0.1) is 6.21 Å². The largest absolute Gasteiger partial charge is 0.363 e. The summed E-state index contributed by atoms with van der Waals surface area (Å²) in [7, 11) is 0. The van der Waals surface area contributed by atoms with Crippen molar-refractivity contribution < 1.29 is 0 Å². The highest BCUT2D eigenvalue weighted by Gasteiger charge is 1.99. The summed E-state index contributed by atoms with van der Waals surface area (Å²) in [5, 5.41) is 10.0. The van der Waals surface area contributed by atoms with E-state index in [0.717, 1.165) is 10.0 Å². The van der Waals surface area contributed by atoms with Gasteiger partial charge in [-0.1, -0.05) is 28.1 Å². The molecule has 6 nitrogen and oxygen atoms in total. The van der Waals surface area contributed by atoms with Crippen molar-refractivity contribution in [3.63, 3.8) is 0 Å². The molecule has 0 spiro atoms. The van der Waals surface area contributed by atoms with Crippen molar-refractivity contribution in [1.82, 2.24) is 15.2 Å². The molecule has 2 aromatic rings. The van der Waals surface area contributed by atoms with E-state index in [9.17, 15) is 4.79 Å². The number of hydrogen-bond acceptors (Lipinski definition) is 5. The van der Waals surface area contributed by atoms with Gasteiger partial charge in [0, 0.05) is 4.47 Å². The van der Waals surface area contributed by atoms with Crippen molar-refractivity contribution in [1.29, 1.82) is 0 Å². The van der Waals surface area contributed by atoms with Crippen LogP contribution in [0.15, 0.2) is 38.6 Å². The lowest BCUT2D eigenvalue weighted by Gasteiger charge is -2.00. The molecule has 2 N–H and O–H groups in total. The summed E-state index contributed by atoms with van der Waals surface area (Å²) in [5.74, 6) is 0.340. The lowest BCUT2D eigenvalue weighted by atomic mass is 10.2. The van der Waals surface area contributed by atoms with Crippen molar-refractivity contribution in [2.45, 2.75) is 6.92 Å². The second kappa shape index (κ2) is 5.54. The molecule has 2 rings (SSSR count). The Morgan fingerprint density at radius 3 is 2.83 bits per heavy atom. The smallest absolute Gasteiger partial charge is 0.260 e. The van der Waals surface area contributed by atoms with Crippen molar-refractivity contribution in [3.8, 4) is 0 Å². The number of hydrazone groups is 1. The minimum Gasteiger partial charge on any atom is -0.260 e. The number of nitrogens with one attached hydrogen (secondary N) is 2. The molecule has 1 aromatic carbocycles. The summed E-state index contributed by atoms with van der Waals surface area (Å²) in [5.41, 5.74) is 3.67. The molecule has 0 bridgehead atoms. The van der Waals surface area contributed by atoms with Gasteiger partial charge in [0.1, 0.15) is 5.69 Å². The predicted molar refractivity (Wildman–Crippen MR) is 72.7 cm³/mol. The Morgan fingerprint density at radius 2 is 2.11 bits per heavy atom. The summed E-state index contributed by atoms with van der Waals surface area (Å²) in [6.07, 6.45) is 1.63. The first-order valence-corrected chi connectivity index (χ1v) is 5.92. The van der Waals surface area contributed by atoms with Gasteiger partial charge < -0.3 is 0 Å². The Hall–Kier alpha value is -2.02. The fourth-order valence-electron chi connectivity index (χ4n) is 1.21. The minimum atomic E-state index is -0.512. The van der Waals surface area contributed by atoms with Crippen LogP contribution in [0.1, 0.15) is 11.3 Å². The van der Waals surface area contributed by atoms with Gasteiger partial charge in [-0.05, 0) is 24.6 Å². The summed E-state index contributed by atoms with van der Waals surface area (Å²) in [6, 6.07) is 7.65. The Balaban J connectivity index is 2.09. The zero-order valence-corrected chi connectivity index (χ0v) is 11.1. The highest BCUT2D eigenvalue weighted by molar-refractivity contribution is 9.10. The average Bonchev–Trinajstić information content (AvgIpc) is 2.36. The summed E-state index contributed by atoms with van der Waals surface area (Å²) >= 11 is 3.35. The number of rotatable bonds is 3. The first-order chi connectivity index (χ1) is 8.65. The van der Waals surface area contributed by atoms with E-state index >= 15 is 0 Å². The number of aryl methyl sites for hydroxylation is 1. The number of H-pyrrole nitrogens is 1. The molecule has 0 aliphatic carbocycles. The second-order valence-corrected chi connectivity index (χ2v) is 4.41. The van der Waals surface area contributed by atoms with Crippen LogP contribution < -0.4 is 11.1 Å². The number of hydrogen-bond donors (Lipinski definition) is 2. The predicted octanol–water partition coefficient (Wildman–Crippen LogP) is 1.68. The van der Waals surface area contributed by atoms with Crippen molar-refractivity contribution >= 4 is 28.0 Å². The molecule has 18 heavy (non-hydrogen) atoms. The van der Waals surface area contributed by atoms with Crippen molar-refractivity contribution in [2.75, 3.05) is 5.43 Å². The number of halogens is 1. The third kappa shape index (κ3) is 3.24. The quantitative estimate of drug-likeness (QED) is 0.667. The van der Waals surface area contributed by atoms with Gasteiger partial charge in [-0.3, -0.25) is 5.43 Å². The van der Waals surface area contributed by atoms with E-state index < -0.39 is 5.69 Å². The third-order valence-corrected chi connectivity index (χ3v) is 2.66. The van der Waals surface area contributed by atoms with E-state index in [4.69, 9.17) is 0 Å².